The Morgan fingerprint density at radius 2 is 1.79 bits per heavy atom. The van der Waals surface area contributed by atoms with Crippen LogP contribution in [-0.4, -0.2) is 37.6 Å². The summed E-state index contributed by atoms with van der Waals surface area (Å²) in [4.78, 5) is 23.5. The van der Waals surface area contributed by atoms with Gasteiger partial charge in [0.2, 0.25) is 6.79 Å². The van der Waals surface area contributed by atoms with Crippen LogP contribution < -0.4 is 18.9 Å². The van der Waals surface area contributed by atoms with Crippen molar-refractivity contribution in [3.8, 4) is 23.0 Å². The maximum absolute atomic E-state index is 12.2. The average molecular weight is 398 g/mol. The topological polar surface area (TPSA) is 101 Å². The van der Waals surface area contributed by atoms with Crippen molar-refractivity contribution < 1.29 is 38.4 Å². The Labute approximate surface area is 166 Å². The van der Waals surface area contributed by atoms with Gasteiger partial charge < -0.3 is 28.8 Å². The van der Waals surface area contributed by atoms with E-state index in [4.69, 9.17) is 23.7 Å². The minimum absolute atomic E-state index is 0.0113. The van der Waals surface area contributed by atoms with Crippen LogP contribution in [0.5, 0.6) is 23.0 Å². The molecule has 2 aliphatic rings. The van der Waals surface area contributed by atoms with E-state index in [-0.39, 0.29) is 24.7 Å². The summed E-state index contributed by atoms with van der Waals surface area (Å²) in [6.07, 6.45) is 0. The van der Waals surface area contributed by atoms with Crippen LogP contribution in [-0.2, 0) is 14.3 Å². The fraction of sp³-hybridized carbons (Fsp3) is 0.238. The van der Waals surface area contributed by atoms with Gasteiger partial charge in [0.25, 0.3) is 0 Å². The lowest BCUT2D eigenvalue weighted by atomic mass is 9.82. The van der Waals surface area contributed by atoms with E-state index in [2.05, 4.69) is 0 Å². The standard InChI is InChI=1S/C21H18O8/c1-11(22)26-9-18-20(21(23)24)19(12-3-5-13(25-2)6-4-12)14-7-16-17(28-10-27-16)8-15(14)29-18/h3-8,19H,9-10H2,1-2H3,(H,23,24). The van der Waals surface area contributed by atoms with Crippen LogP contribution in [0.15, 0.2) is 47.7 Å². The summed E-state index contributed by atoms with van der Waals surface area (Å²) in [6.45, 7) is 1.03. The number of carboxylic acids is 1. The van der Waals surface area contributed by atoms with E-state index in [0.29, 0.717) is 34.1 Å². The predicted octanol–water partition coefficient (Wildman–Crippen LogP) is 2.85. The van der Waals surface area contributed by atoms with Gasteiger partial charge >= 0.3 is 11.9 Å². The van der Waals surface area contributed by atoms with Crippen LogP contribution >= 0.6 is 0 Å². The highest BCUT2D eigenvalue weighted by Gasteiger charge is 2.37. The van der Waals surface area contributed by atoms with Crippen LogP contribution in [0.2, 0.25) is 0 Å². The van der Waals surface area contributed by atoms with Gasteiger partial charge in [0.15, 0.2) is 17.3 Å². The third-order valence-electron chi connectivity index (χ3n) is 4.72. The van der Waals surface area contributed by atoms with Gasteiger partial charge in [0.05, 0.1) is 12.7 Å². The lowest BCUT2D eigenvalue weighted by Crippen LogP contribution is -2.25. The van der Waals surface area contributed by atoms with Gasteiger partial charge in [-0.3, -0.25) is 4.79 Å². The molecule has 0 spiro atoms. The summed E-state index contributed by atoms with van der Waals surface area (Å²) in [5, 5.41) is 9.97. The molecule has 4 rings (SSSR count). The second-order valence-electron chi connectivity index (χ2n) is 6.47. The fourth-order valence-electron chi connectivity index (χ4n) is 3.42. The van der Waals surface area contributed by atoms with Crippen molar-refractivity contribution in [2.75, 3.05) is 20.5 Å². The summed E-state index contributed by atoms with van der Waals surface area (Å²) in [6, 6.07) is 10.5. The highest BCUT2D eigenvalue weighted by atomic mass is 16.7. The molecule has 8 nitrogen and oxygen atoms in total. The number of methoxy groups -OCH3 is 1. The van der Waals surface area contributed by atoms with Crippen LogP contribution in [0.25, 0.3) is 0 Å². The van der Waals surface area contributed by atoms with Gasteiger partial charge in [-0.05, 0) is 23.8 Å². The largest absolute Gasteiger partial charge is 0.497 e. The van der Waals surface area contributed by atoms with Gasteiger partial charge in [-0.15, -0.1) is 0 Å². The number of esters is 1. The van der Waals surface area contributed by atoms with Crippen molar-refractivity contribution in [1.82, 2.24) is 0 Å². The maximum Gasteiger partial charge on any atom is 0.336 e. The molecule has 0 bridgehead atoms. The molecule has 0 saturated carbocycles. The lowest BCUT2D eigenvalue weighted by Gasteiger charge is -2.29. The lowest BCUT2D eigenvalue weighted by molar-refractivity contribution is -0.141. The van der Waals surface area contributed by atoms with Crippen LogP contribution in [0.4, 0.5) is 0 Å². The van der Waals surface area contributed by atoms with Crippen molar-refractivity contribution in [2.24, 2.45) is 0 Å². The van der Waals surface area contributed by atoms with Crippen molar-refractivity contribution in [1.29, 1.82) is 0 Å². The van der Waals surface area contributed by atoms with Gasteiger partial charge in [-0.2, -0.15) is 0 Å². The zero-order valence-electron chi connectivity index (χ0n) is 15.8. The number of hydrogen-bond donors (Lipinski definition) is 1. The molecule has 1 atom stereocenters. The molecule has 0 saturated heterocycles. The number of benzene rings is 2. The molecule has 1 N–H and O–H groups in total. The third kappa shape index (κ3) is 3.44. The summed E-state index contributed by atoms with van der Waals surface area (Å²) >= 11 is 0. The maximum atomic E-state index is 12.2. The molecule has 8 heteroatoms. The number of carbonyl (C=O) groups is 2. The highest BCUT2D eigenvalue weighted by Crippen LogP contribution is 2.48. The van der Waals surface area contributed by atoms with E-state index in [1.54, 1.807) is 43.5 Å². The van der Waals surface area contributed by atoms with Crippen LogP contribution in [0.1, 0.15) is 24.0 Å². The van der Waals surface area contributed by atoms with Gasteiger partial charge in [0.1, 0.15) is 18.1 Å². The zero-order valence-corrected chi connectivity index (χ0v) is 15.8. The SMILES string of the molecule is COc1ccc(C2C(C(=O)O)=C(COC(C)=O)Oc3cc4c(cc32)OCO4)cc1. The number of carbonyl (C=O) groups excluding carboxylic acids is 1. The van der Waals surface area contributed by atoms with Gasteiger partial charge in [-0.1, -0.05) is 12.1 Å². The highest BCUT2D eigenvalue weighted by molar-refractivity contribution is 5.91. The number of hydrogen-bond acceptors (Lipinski definition) is 7. The minimum atomic E-state index is -1.17. The van der Waals surface area contributed by atoms with Crippen molar-refractivity contribution in [2.45, 2.75) is 12.8 Å². The Bertz CT molecular complexity index is 1010. The Morgan fingerprint density at radius 3 is 2.41 bits per heavy atom. The van der Waals surface area contributed by atoms with Gasteiger partial charge in [-0.25, -0.2) is 4.79 Å². The molecule has 2 heterocycles. The molecule has 2 aromatic rings. The van der Waals surface area contributed by atoms with Gasteiger partial charge in [0, 0.05) is 24.5 Å². The first-order valence-electron chi connectivity index (χ1n) is 8.83. The monoisotopic (exact) mass is 398 g/mol. The molecule has 0 aromatic heterocycles. The molecule has 0 amide bonds. The molecule has 0 radical (unpaired) electrons. The number of aliphatic carboxylic acids is 1. The normalized spacial score (nSPS) is 16.7. The first-order chi connectivity index (χ1) is 14.0. The van der Waals surface area contributed by atoms with E-state index in [1.807, 2.05) is 0 Å². The molecule has 0 aliphatic carbocycles. The Morgan fingerprint density at radius 1 is 1.10 bits per heavy atom. The second-order valence-corrected chi connectivity index (χ2v) is 6.47. The van der Waals surface area contributed by atoms with Crippen molar-refractivity contribution in [3.63, 3.8) is 0 Å². The molecule has 29 heavy (non-hydrogen) atoms. The summed E-state index contributed by atoms with van der Waals surface area (Å²) in [7, 11) is 1.55. The van der Waals surface area contributed by atoms with E-state index < -0.39 is 17.9 Å². The smallest absolute Gasteiger partial charge is 0.336 e. The van der Waals surface area contributed by atoms with Crippen molar-refractivity contribution in [3.05, 3.63) is 58.9 Å². The number of rotatable bonds is 5. The van der Waals surface area contributed by atoms with E-state index >= 15 is 0 Å². The molecule has 150 valence electrons. The number of ether oxygens (including phenoxy) is 5. The third-order valence-corrected chi connectivity index (χ3v) is 4.72. The molecular weight excluding hydrogens is 380 g/mol. The first-order valence-corrected chi connectivity index (χ1v) is 8.83. The number of carboxylic acid groups (broad SMARTS) is 1. The Balaban J connectivity index is 1.88. The molecule has 2 aromatic carbocycles. The van der Waals surface area contributed by atoms with E-state index in [0.717, 1.165) is 0 Å². The van der Waals surface area contributed by atoms with E-state index in [1.165, 1.54) is 6.92 Å². The minimum Gasteiger partial charge on any atom is -0.497 e. The zero-order chi connectivity index (χ0) is 20.5. The molecule has 1 unspecified atom stereocenters. The van der Waals surface area contributed by atoms with Crippen LogP contribution in [0.3, 0.4) is 0 Å². The Hall–Kier alpha value is -3.68. The Kier molecular flexibility index (Phi) is 4.75. The summed E-state index contributed by atoms with van der Waals surface area (Å²) in [5.74, 6) is -0.237. The van der Waals surface area contributed by atoms with Crippen LogP contribution in [0, 0.1) is 0 Å². The fourth-order valence-corrected chi connectivity index (χ4v) is 3.42. The van der Waals surface area contributed by atoms with E-state index in [9.17, 15) is 14.7 Å². The number of fused-ring (bicyclic) bond motifs is 2. The second kappa shape index (κ2) is 7.38. The molecule has 0 fully saturated rings. The quantitative estimate of drug-likeness (QED) is 0.768. The summed E-state index contributed by atoms with van der Waals surface area (Å²) < 4.78 is 26.9. The van der Waals surface area contributed by atoms with Crippen molar-refractivity contribution >= 4 is 11.9 Å². The average Bonchev–Trinajstić information content (AvgIpc) is 3.16. The summed E-state index contributed by atoms with van der Waals surface area (Å²) in [5.41, 5.74) is 1.32. The molecular formula is C21H18O8. The molecule has 2 aliphatic heterocycles. The predicted molar refractivity (Wildman–Crippen MR) is 99.3 cm³/mol. The first kappa shape index (κ1) is 18.7.